The van der Waals surface area contributed by atoms with Crippen LogP contribution in [0, 0.1) is 6.92 Å². The summed E-state index contributed by atoms with van der Waals surface area (Å²) in [6.07, 6.45) is 0. The number of rotatable bonds is 8. The highest BCUT2D eigenvalue weighted by Gasteiger charge is 2.05. The first kappa shape index (κ1) is 19.4. The number of aliphatic imine (C=N–C) groups is 1. The lowest BCUT2D eigenvalue weighted by molar-refractivity contribution is 0.322. The molecule has 6 nitrogen and oxygen atoms in total. The zero-order chi connectivity index (χ0) is 18.8. The lowest BCUT2D eigenvalue weighted by Gasteiger charge is -2.14. The molecule has 2 N–H and O–H groups in total. The number of methoxy groups -OCH3 is 2. The van der Waals surface area contributed by atoms with Crippen LogP contribution in [0.25, 0.3) is 0 Å². The molecule has 0 unspecified atom stereocenters. The highest BCUT2D eigenvalue weighted by molar-refractivity contribution is 5.79. The summed E-state index contributed by atoms with van der Waals surface area (Å²) < 4.78 is 16.3. The van der Waals surface area contributed by atoms with Gasteiger partial charge >= 0.3 is 0 Å². The third kappa shape index (κ3) is 5.88. The van der Waals surface area contributed by atoms with Gasteiger partial charge in [0.05, 0.1) is 20.8 Å². The molecule has 0 fully saturated rings. The molecule has 0 saturated carbocycles. The van der Waals surface area contributed by atoms with Gasteiger partial charge in [0.15, 0.2) is 17.5 Å². The first-order valence-corrected chi connectivity index (χ1v) is 8.51. The molecule has 26 heavy (non-hydrogen) atoms. The van der Waals surface area contributed by atoms with Crippen molar-refractivity contribution < 1.29 is 14.2 Å². The lowest BCUT2D eigenvalue weighted by atomic mass is 10.2. The van der Waals surface area contributed by atoms with Gasteiger partial charge in [-0.3, -0.25) is 4.99 Å². The van der Waals surface area contributed by atoms with Gasteiger partial charge < -0.3 is 24.8 Å². The van der Waals surface area contributed by atoms with Crippen molar-refractivity contribution >= 4 is 5.96 Å². The van der Waals surface area contributed by atoms with Crippen molar-refractivity contribution in [1.29, 1.82) is 0 Å². The summed E-state index contributed by atoms with van der Waals surface area (Å²) in [4.78, 5) is 4.22. The van der Waals surface area contributed by atoms with Crippen molar-refractivity contribution in [3.05, 3.63) is 53.6 Å². The van der Waals surface area contributed by atoms with E-state index in [1.807, 2.05) is 42.5 Å². The summed E-state index contributed by atoms with van der Waals surface area (Å²) in [5, 5.41) is 6.50. The number of aryl methyl sites for hydroxylation is 1. The Bertz CT molecular complexity index is 715. The second-order valence-electron chi connectivity index (χ2n) is 5.70. The summed E-state index contributed by atoms with van der Waals surface area (Å²) in [6.45, 7) is 3.89. The van der Waals surface area contributed by atoms with E-state index in [1.165, 1.54) is 5.56 Å². The number of guanidine groups is 1. The second-order valence-corrected chi connectivity index (χ2v) is 5.70. The fraction of sp³-hybridized carbons (Fsp3) is 0.350. The maximum Gasteiger partial charge on any atom is 0.191 e. The maximum atomic E-state index is 5.70. The smallest absolute Gasteiger partial charge is 0.191 e. The lowest BCUT2D eigenvalue weighted by Crippen LogP contribution is -2.38. The zero-order valence-electron chi connectivity index (χ0n) is 15.8. The Balaban J connectivity index is 1.76. The van der Waals surface area contributed by atoms with Gasteiger partial charge in [0.2, 0.25) is 0 Å². The van der Waals surface area contributed by atoms with Gasteiger partial charge in [-0.1, -0.05) is 23.8 Å². The van der Waals surface area contributed by atoms with Crippen molar-refractivity contribution in [2.24, 2.45) is 4.99 Å². The third-order valence-corrected chi connectivity index (χ3v) is 3.82. The van der Waals surface area contributed by atoms with Crippen LogP contribution in [0.4, 0.5) is 0 Å². The fourth-order valence-corrected chi connectivity index (χ4v) is 2.37. The molecule has 0 aliphatic rings. The van der Waals surface area contributed by atoms with Crippen molar-refractivity contribution in [3.8, 4) is 17.2 Å². The summed E-state index contributed by atoms with van der Waals surface area (Å²) in [5.41, 5.74) is 2.29. The van der Waals surface area contributed by atoms with E-state index in [1.54, 1.807) is 21.3 Å². The molecule has 2 aromatic rings. The summed E-state index contributed by atoms with van der Waals surface area (Å²) >= 11 is 0. The molecule has 140 valence electrons. The van der Waals surface area contributed by atoms with Crippen LogP contribution in [-0.2, 0) is 6.54 Å². The monoisotopic (exact) mass is 357 g/mol. The molecule has 0 aliphatic carbocycles. The Hall–Kier alpha value is -2.89. The number of hydrogen-bond donors (Lipinski definition) is 2. The predicted molar refractivity (Wildman–Crippen MR) is 104 cm³/mol. The molecule has 0 atom stereocenters. The van der Waals surface area contributed by atoms with Gasteiger partial charge in [-0.2, -0.15) is 0 Å². The SMILES string of the molecule is CN=C(NCCOc1ccc(C)cc1)NCc1ccc(OC)c(OC)c1. The minimum atomic E-state index is 0.556. The van der Waals surface area contributed by atoms with Crippen LogP contribution in [0.3, 0.4) is 0 Å². The molecule has 0 bridgehead atoms. The van der Waals surface area contributed by atoms with Crippen molar-refractivity contribution in [2.75, 3.05) is 34.4 Å². The molecule has 0 aliphatic heterocycles. The first-order valence-electron chi connectivity index (χ1n) is 8.51. The molecule has 6 heteroatoms. The summed E-state index contributed by atoms with van der Waals surface area (Å²) in [7, 11) is 4.99. The predicted octanol–water partition coefficient (Wildman–Crippen LogP) is 2.76. The maximum absolute atomic E-state index is 5.70. The van der Waals surface area contributed by atoms with Gasteiger partial charge in [-0.15, -0.1) is 0 Å². The molecule has 2 aromatic carbocycles. The summed E-state index contributed by atoms with van der Waals surface area (Å²) in [6, 6.07) is 13.8. The van der Waals surface area contributed by atoms with E-state index >= 15 is 0 Å². The first-order chi connectivity index (χ1) is 12.7. The number of ether oxygens (including phenoxy) is 3. The molecule has 0 aromatic heterocycles. The van der Waals surface area contributed by atoms with Gasteiger partial charge in [0.25, 0.3) is 0 Å². The zero-order valence-corrected chi connectivity index (χ0v) is 15.8. The average Bonchev–Trinajstić information content (AvgIpc) is 2.68. The van der Waals surface area contributed by atoms with Crippen LogP contribution in [0.5, 0.6) is 17.2 Å². The Morgan fingerprint density at radius 1 is 0.962 bits per heavy atom. The van der Waals surface area contributed by atoms with Crippen LogP contribution >= 0.6 is 0 Å². The Kier molecular flexibility index (Phi) is 7.61. The Labute approximate surface area is 155 Å². The number of hydrogen-bond acceptors (Lipinski definition) is 4. The molecule has 0 spiro atoms. The van der Waals surface area contributed by atoms with E-state index in [0.717, 1.165) is 11.3 Å². The largest absolute Gasteiger partial charge is 0.493 e. The van der Waals surface area contributed by atoms with Crippen molar-refractivity contribution in [2.45, 2.75) is 13.5 Å². The van der Waals surface area contributed by atoms with Gasteiger partial charge in [0, 0.05) is 13.6 Å². The van der Waals surface area contributed by atoms with Crippen LogP contribution in [0.15, 0.2) is 47.5 Å². The standard InChI is InChI=1S/C20H27N3O3/c1-15-5-8-17(9-6-15)26-12-11-22-20(21-2)23-14-16-7-10-18(24-3)19(13-16)25-4/h5-10,13H,11-12,14H2,1-4H3,(H2,21,22,23). The molecular weight excluding hydrogens is 330 g/mol. The number of nitrogens with zero attached hydrogens (tertiary/aromatic N) is 1. The Morgan fingerprint density at radius 2 is 1.69 bits per heavy atom. The molecule has 0 saturated heterocycles. The van der Waals surface area contributed by atoms with E-state index in [0.29, 0.717) is 37.2 Å². The van der Waals surface area contributed by atoms with Crippen LogP contribution < -0.4 is 24.8 Å². The van der Waals surface area contributed by atoms with Crippen LogP contribution in [0.2, 0.25) is 0 Å². The van der Waals surface area contributed by atoms with Gasteiger partial charge in [-0.05, 0) is 36.8 Å². The van der Waals surface area contributed by atoms with E-state index in [9.17, 15) is 0 Å². The Morgan fingerprint density at radius 3 is 2.35 bits per heavy atom. The second kappa shape index (κ2) is 10.2. The quantitative estimate of drug-likeness (QED) is 0.432. The van der Waals surface area contributed by atoms with E-state index in [-0.39, 0.29) is 0 Å². The van der Waals surface area contributed by atoms with Gasteiger partial charge in [-0.25, -0.2) is 0 Å². The number of nitrogens with one attached hydrogen (secondary N) is 2. The highest BCUT2D eigenvalue weighted by atomic mass is 16.5. The minimum Gasteiger partial charge on any atom is -0.493 e. The van der Waals surface area contributed by atoms with E-state index in [4.69, 9.17) is 14.2 Å². The fourth-order valence-electron chi connectivity index (χ4n) is 2.37. The molecule has 0 heterocycles. The van der Waals surface area contributed by atoms with Crippen molar-refractivity contribution in [1.82, 2.24) is 10.6 Å². The topological polar surface area (TPSA) is 64.1 Å². The van der Waals surface area contributed by atoms with Crippen LogP contribution in [0.1, 0.15) is 11.1 Å². The van der Waals surface area contributed by atoms with Crippen LogP contribution in [-0.4, -0.2) is 40.4 Å². The van der Waals surface area contributed by atoms with E-state index in [2.05, 4.69) is 22.5 Å². The molecule has 2 rings (SSSR count). The highest BCUT2D eigenvalue weighted by Crippen LogP contribution is 2.27. The molecular formula is C20H27N3O3. The van der Waals surface area contributed by atoms with Crippen molar-refractivity contribution in [3.63, 3.8) is 0 Å². The normalized spacial score (nSPS) is 11.0. The number of benzene rings is 2. The average molecular weight is 357 g/mol. The third-order valence-electron chi connectivity index (χ3n) is 3.82. The summed E-state index contributed by atoms with van der Waals surface area (Å²) in [5.74, 6) is 3.01. The molecule has 0 amide bonds. The minimum absolute atomic E-state index is 0.556. The molecule has 0 radical (unpaired) electrons. The van der Waals surface area contributed by atoms with Gasteiger partial charge in [0.1, 0.15) is 12.4 Å². The van der Waals surface area contributed by atoms with E-state index < -0.39 is 0 Å².